The maximum Gasteiger partial charge on any atom is 0.164 e. The second-order valence-electron chi connectivity index (χ2n) is 6.59. The smallest absolute Gasteiger partial charge is 0.164 e. The Hall–Kier alpha value is -0.410. The van der Waals surface area contributed by atoms with Crippen LogP contribution in [-0.2, 0) is 14.6 Å². The predicted molar refractivity (Wildman–Crippen MR) is 65.0 cm³/mol. The van der Waals surface area contributed by atoms with Crippen LogP contribution in [0.25, 0.3) is 0 Å². The Balaban J connectivity index is 3.90. The molecule has 0 aromatic carbocycles. The Labute approximate surface area is 99.4 Å². The van der Waals surface area contributed by atoms with E-state index in [0.29, 0.717) is 0 Å². The number of carbonyl (C=O) groups excluding carboxylic acids is 1. The van der Waals surface area contributed by atoms with Crippen molar-refractivity contribution in [2.45, 2.75) is 60.5 Å². The molecule has 0 aliphatic rings. The molecule has 0 aliphatic carbocycles. The Kier molecular flexibility index (Phi) is 5.63. The van der Waals surface area contributed by atoms with E-state index in [1.807, 2.05) is 27.7 Å². The molecule has 16 heavy (non-hydrogen) atoms. The minimum Gasteiger partial charge on any atom is -0.297 e. The first-order chi connectivity index (χ1) is 7.01. The van der Waals surface area contributed by atoms with Crippen LogP contribution in [0.2, 0.25) is 0 Å². The van der Waals surface area contributed by atoms with Crippen molar-refractivity contribution in [2.24, 2.45) is 11.3 Å². The third-order valence-corrected chi connectivity index (χ3v) is 1.98. The topological polar surface area (TPSA) is 35.5 Å². The molecule has 0 spiro atoms. The van der Waals surface area contributed by atoms with Crippen molar-refractivity contribution in [1.29, 1.82) is 0 Å². The van der Waals surface area contributed by atoms with E-state index in [1.54, 1.807) is 0 Å². The fourth-order valence-electron chi connectivity index (χ4n) is 1.44. The summed E-state index contributed by atoms with van der Waals surface area (Å²) in [6, 6.07) is 0. The van der Waals surface area contributed by atoms with Crippen LogP contribution < -0.4 is 0 Å². The predicted octanol–water partition coefficient (Wildman–Crippen LogP) is 3.37. The van der Waals surface area contributed by atoms with E-state index in [9.17, 15) is 4.79 Å². The largest absolute Gasteiger partial charge is 0.297 e. The fourth-order valence-corrected chi connectivity index (χ4v) is 1.44. The third-order valence-electron chi connectivity index (χ3n) is 1.98. The zero-order chi connectivity index (χ0) is 13.0. The first-order valence-electron chi connectivity index (χ1n) is 5.84. The minimum atomic E-state index is -0.368. The Morgan fingerprint density at radius 3 is 2.00 bits per heavy atom. The van der Waals surface area contributed by atoms with Crippen molar-refractivity contribution in [3.05, 3.63) is 0 Å². The second-order valence-corrected chi connectivity index (χ2v) is 6.59. The van der Waals surface area contributed by atoms with Crippen LogP contribution >= 0.6 is 0 Å². The summed E-state index contributed by atoms with van der Waals surface area (Å²) >= 11 is 0. The van der Waals surface area contributed by atoms with E-state index in [-0.39, 0.29) is 29.3 Å². The molecule has 0 bridgehead atoms. The Morgan fingerprint density at radius 2 is 1.62 bits per heavy atom. The summed E-state index contributed by atoms with van der Waals surface area (Å²) in [5.41, 5.74) is -0.201. The minimum absolute atomic E-state index is 0.0172. The highest BCUT2D eigenvalue weighted by molar-refractivity contribution is 5.81. The number of ketones is 1. The molecule has 0 amide bonds. The van der Waals surface area contributed by atoms with Gasteiger partial charge in [0.05, 0.1) is 5.60 Å². The molecule has 0 saturated heterocycles. The lowest BCUT2D eigenvalue weighted by atomic mass is 9.84. The van der Waals surface area contributed by atoms with E-state index in [0.717, 1.165) is 6.42 Å². The number of carbonyl (C=O) groups is 1. The third kappa shape index (κ3) is 8.86. The van der Waals surface area contributed by atoms with Crippen LogP contribution in [0.1, 0.15) is 54.9 Å². The maximum absolute atomic E-state index is 11.7. The molecule has 1 unspecified atom stereocenters. The summed E-state index contributed by atoms with van der Waals surface area (Å²) in [4.78, 5) is 21.7. The molecule has 0 radical (unpaired) electrons. The van der Waals surface area contributed by atoms with E-state index in [4.69, 9.17) is 9.78 Å². The molecule has 0 aromatic rings. The van der Waals surface area contributed by atoms with Crippen LogP contribution in [-0.4, -0.2) is 18.0 Å². The summed E-state index contributed by atoms with van der Waals surface area (Å²) in [6.45, 7) is 14.0. The van der Waals surface area contributed by atoms with Crippen molar-refractivity contribution in [3.8, 4) is 0 Å². The molecule has 0 fully saturated rings. The molecular formula is C13H26O3. The van der Waals surface area contributed by atoms with Crippen LogP contribution in [0.15, 0.2) is 0 Å². The van der Waals surface area contributed by atoms with Crippen molar-refractivity contribution in [3.63, 3.8) is 0 Å². The summed E-state index contributed by atoms with van der Waals surface area (Å²) < 4.78 is 0. The fraction of sp³-hybridized carbons (Fsp3) is 0.923. The zero-order valence-corrected chi connectivity index (χ0v) is 11.7. The highest BCUT2D eigenvalue weighted by atomic mass is 17.2. The van der Waals surface area contributed by atoms with E-state index >= 15 is 0 Å². The van der Waals surface area contributed by atoms with Gasteiger partial charge in [0.25, 0.3) is 0 Å². The van der Waals surface area contributed by atoms with Gasteiger partial charge in [0.2, 0.25) is 0 Å². The molecule has 0 heterocycles. The molecule has 0 aromatic heterocycles. The van der Waals surface area contributed by atoms with Gasteiger partial charge in [-0.3, -0.25) is 4.79 Å². The summed E-state index contributed by atoms with van der Waals surface area (Å²) in [5, 5.41) is 0. The van der Waals surface area contributed by atoms with Gasteiger partial charge >= 0.3 is 0 Å². The van der Waals surface area contributed by atoms with Crippen LogP contribution in [0.3, 0.4) is 0 Å². The molecule has 96 valence electrons. The second kappa shape index (κ2) is 5.78. The molecule has 1 atom stereocenters. The van der Waals surface area contributed by atoms with Gasteiger partial charge < -0.3 is 0 Å². The summed E-state index contributed by atoms with van der Waals surface area (Å²) in [5.74, 6) is 0.114. The molecule has 0 aliphatic heterocycles. The number of rotatable bonds is 5. The van der Waals surface area contributed by atoms with Gasteiger partial charge in [0.1, 0.15) is 6.61 Å². The molecular weight excluding hydrogens is 204 g/mol. The lowest BCUT2D eigenvalue weighted by Gasteiger charge is -2.23. The van der Waals surface area contributed by atoms with Gasteiger partial charge in [-0.1, -0.05) is 27.7 Å². The molecule has 3 nitrogen and oxygen atoms in total. The van der Waals surface area contributed by atoms with Gasteiger partial charge in [0, 0.05) is 5.92 Å². The lowest BCUT2D eigenvalue weighted by Crippen LogP contribution is -2.26. The molecule has 0 rings (SSSR count). The van der Waals surface area contributed by atoms with Crippen molar-refractivity contribution in [1.82, 2.24) is 0 Å². The SMILES string of the molecule is CC(CC(C)(C)C)C(=O)COOC(C)(C)C. The maximum atomic E-state index is 11.7. The lowest BCUT2D eigenvalue weighted by molar-refractivity contribution is -0.342. The zero-order valence-electron chi connectivity index (χ0n) is 11.7. The first kappa shape index (κ1) is 15.6. The van der Waals surface area contributed by atoms with Gasteiger partial charge in [-0.05, 0) is 32.6 Å². The quantitative estimate of drug-likeness (QED) is 0.536. The van der Waals surface area contributed by atoms with Crippen LogP contribution in [0, 0.1) is 11.3 Å². The van der Waals surface area contributed by atoms with Crippen molar-refractivity contribution in [2.75, 3.05) is 6.61 Å². The Bertz CT molecular complexity index is 220. The first-order valence-corrected chi connectivity index (χ1v) is 5.84. The van der Waals surface area contributed by atoms with Gasteiger partial charge in [0.15, 0.2) is 5.78 Å². The molecule has 0 N–H and O–H groups in total. The van der Waals surface area contributed by atoms with Crippen molar-refractivity contribution < 1.29 is 14.6 Å². The van der Waals surface area contributed by atoms with E-state index < -0.39 is 0 Å². The Morgan fingerprint density at radius 1 is 1.12 bits per heavy atom. The van der Waals surface area contributed by atoms with Gasteiger partial charge in [-0.25, -0.2) is 9.78 Å². The van der Waals surface area contributed by atoms with E-state index in [1.165, 1.54) is 0 Å². The van der Waals surface area contributed by atoms with Crippen molar-refractivity contribution >= 4 is 5.78 Å². The summed E-state index contributed by atoms with van der Waals surface area (Å²) in [7, 11) is 0. The van der Waals surface area contributed by atoms with Crippen LogP contribution in [0.4, 0.5) is 0 Å². The molecule has 3 heteroatoms. The summed E-state index contributed by atoms with van der Waals surface area (Å²) in [6.07, 6.45) is 0.866. The standard InChI is InChI=1S/C13H26O3/c1-10(8-12(2,3)4)11(14)9-15-16-13(5,6)7/h10H,8-9H2,1-7H3. The van der Waals surface area contributed by atoms with Gasteiger partial charge in [-0.2, -0.15) is 0 Å². The van der Waals surface area contributed by atoms with Crippen LogP contribution in [0.5, 0.6) is 0 Å². The number of hydrogen-bond donors (Lipinski definition) is 0. The number of Topliss-reactive ketones (excluding diaryl/α,β-unsaturated/α-hetero) is 1. The molecule has 0 saturated carbocycles. The van der Waals surface area contributed by atoms with E-state index in [2.05, 4.69) is 20.8 Å². The highest BCUT2D eigenvalue weighted by Crippen LogP contribution is 2.24. The average Bonchev–Trinajstić information content (AvgIpc) is 1.98. The highest BCUT2D eigenvalue weighted by Gasteiger charge is 2.21. The van der Waals surface area contributed by atoms with Gasteiger partial charge in [-0.15, -0.1) is 0 Å². The normalized spacial score (nSPS) is 14.9. The average molecular weight is 230 g/mol. The monoisotopic (exact) mass is 230 g/mol. The number of hydrogen-bond acceptors (Lipinski definition) is 3.